The summed E-state index contributed by atoms with van der Waals surface area (Å²) >= 11 is 0. The molecule has 0 aromatic carbocycles. The lowest BCUT2D eigenvalue weighted by Crippen LogP contribution is -2.42. The van der Waals surface area contributed by atoms with E-state index >= 15 is 0 Å². The summed E-state index contributed by atoms with van der Waals surface area (Å²) in [4.78, 5) is 11.5. The molecule has 0 spiro atoms. The summed E-state index contributed by atoms with van der Waals surface area (Å²) < 4.78 is 32.1. The minimum atomic E-state index is -3.70. The predicted molar refractivity (Wildman–Crippen MR) is 76.3 cm³/mol. The Morgan fingerprint density at radius 3 is 2.76 bits per heavy atom. The topological polar surface area (TPSA) is 101 Å². The Hall–Kier alpha value is -1.41. The first-order chi connectivity index (χ1) is 9.97. The van der Waals surface area contributed by atoms with Gasteiger partial charge in [-0.15, -0.1) is 0 Å². The van der Waals surface area contributed by atoms with Crippen LogP contribution in [0.15, 0.2) is 11.1 Å². The predicted octanol–water partition coefficient (Wildman–Crippen LogP) is 1.44. The first-order valence-electron chi connectivity index (χ1n) is 7.22. The number of carbonyl (C=O) groups is 1. The van der Waals surface area contributed by atoms with E-state index in [4.69, 9.17) is 4.74 Å². The fourth-order valence-electron chi connectivity index (χ4n) is 2.37. The molecule has 1 heterocycles. The molecular formula is C13H21N3O4S. The van der Waals surface area contributed by atoms with E-state index in [1.165, 1.54) is 6.07 Å². The number of carbonyl (C=O) groups excluding carboxylic acids is 1. The molecule has 1 aromatic heterocycles. The zero-order valence-corrected chi connectivity index (χ0v) is 13.1. The van der Waals surface area contributed by atoms with Crippen LogP contribution in [0.4, 0.5) is 0 Å². The highest BCUT2D eigenvalue weighted by atomic mass is 32.2. The lowest BCUT2D eigenvalue weighted by Gasteiger charge is -2.33. The van der Waals surface area contributed by atoms with Crippen molar-refractivity contribution < 1.29 is 17.9 Å². The Morgan fingerprint density at radius 2 is 2.24 bits per heavy atom. The van der Waals surface area contributed by atoms with Gasteiger partial charge in [0, 0.05) is 12.1 Å². The number of rotatable bonds is 7. The number of hydrogen-bond acceptors (Lipinski definition) is 5. The van der Waals surface area contributed by atoms with Gasteiger partial charge in [-0.1, -0.05) is 13.3 Å². The van der Waals surface area contributed by atoms with Gasteiger partial charge in [0.2, 0.25) is 0 Å². The van der Waals surface area contributed by atoms with E-state index in [-0.39, 0.29) is 23.4 Å². The highest BCUT2D eigenvalue weighted by molar-refractivity contribution is 7.89. The molecule has 1 aliphatic carbocycles. The highest BCUT2D eigenvalue weighted by Gasteiger charge is 2.31. The summed E-state index contributed by atoms with van der Waals surface area (Å²) in [6.07, 6.45) is 4.00. The van der Waals surface area contributed by atoms with Crippen molar-refractivity contribution in [3.8, 4) is 0 Å². The third-order valence-corrected chi connectivity index (χ3v) is 5.19. The van der Waals surface area contributed by atoms with Crippen LogP contribution < -0.4 is 4.72 Å². The maximum atomic E-state index is 12.3. The van der Waals surface area contributed by atoms with Gasteiger partial charge in [0.15, 0.2) is 10.7 Å². The molecule has 0 amide bonds. The van der Waals surface area contributed by atoms with Crippen LogP contribution in [0.25, 0.3) is 0 Å². The SMILES string of the molecule is CCOC(=O)c1cc(S(=O)(=O)NC(CC)C2CCC2)[nH]n1. The number of aromatic nitrogens is 2. The summed E-state index contributed by atoms with van der Waals surface area (Å²) in [5.41, 5.74) is -0.0334. The van der Waals surface area contributed by atoms with Crippen LogP contribution in [0.3, 0.4) is 0 Å². The average molecular weight is 315 g/mol. The molecule has 21 heavy (non-hydrogen) atoms. The van der Waals surface area contributed by atoms with Crippen molar-refractivity contribution in [2.45, 2.75) is 50.6 Å². The highest BCUT2D eigenvalue weighted by Crippen LogP contribution is 2.31. The molecule has 1 aliphatic rings. The van der Waals surface area contributed by atoms with Crippen LogP contribution in [-0.4, -0.2) is 37.2 Å². The lowest BCUT2D eigenvalue weighted by molar-refractivity contribution is 0.0519. The molecular weight excluding hydrogens is 294 g/mol. The first kappa shape index (κ1) is 16.0. The largest absolute Gasteiger partial charge is 0.461 e. The molecule has 8 heteroatoms. The Kier molecular flexibility index (Phi) is 5.00. The maximum Gasteiger partial charge on any atom is 0.358 e. The average Bonchev–Trinajstić information content (AvgIpc) is 2.86. The second kappa shape index (κ2) is 6.57. The first-order valence-corrected chi connectivity index (χ1v) is 8.71. The van der Waals surface area contributed by atoms with Gasteiger partial charge < -0.3 is 4.74 Å². The smallest absolute Gasteiger partial charge is 0.358 e. The maximum absolute atomic E-state index is 12.3. The number of esters is 1. The van der Waals surface area contributed by atoms with Crippen LogP contribution in [-0.2, 0) is 14.8 Å². The van der Waals surface area contributed by atoms with E-state index in [1.807, 2.05) is 6.92 Å². The van der Waals surface area contributed by atoms with Gasteiger partial charge in [0.05, 0.1) is 6.61 Å². The number of aromatic amines is 1. The fraction of sp³-hybridized carbons (Fsp3) is 0.692. The molecule has 7 nitrogen and oxygen atoms in total. The third-order valence-electron chi connectivity index (χ3n) is 3.79. The van der Waals surface area contributed by atoms with Crippen LogP contribution in [0.5, 0.6) is 0 Å². The molecule has 1 fully saturated rings. The van der Waals surface area contributed by atoms with Crippen LogP contribution in [0.1, 0.15) is 50.0 Å². The van der Waals surface area contributed by atoms with Gasteiger partial charge in [-0.25, -0.2) is 17.9 Å². The molecule has 1 atom stereocenters. The van der Waals surface area contributed by atoms with Gasteiger partial charge in [-0.05, 0) is 32.1 Å². The van der Waals surface area contributed by atoms with Crippen molar-refractivity contribution in [3.63, 3.8) is 0 Å². The van der Waals surface area contributed by atoms with Crippen LogP contribution >= 0.6 is 0 Å². The molecule has 0 saturated heterocycles. The summed E-state index contributed by atoms with van der Waals surface area (Å²) in [6.45, 7) is 3.85. The van der Waals surface area contributed by atoms with Crippen molar-refractivity contribution in [1.82, 2.24) is 14.9 Å². The summed E-state index contributed by atoms with van der Waals surface area (Å²) in [7, 11) is -3.70. The van der Waals surface area contributed by atoms with E-state index < -0.39 is 16.0 Å². The lowest BCUT2D eigenvalue weighted by atomic mass is 9.79. The monoisotopic (exact) mass is 315 g/mol. The van der Waals surface area contributed by atoms with Crippen molar-refractivity contribution in [2.24, 2.45) is 5.92 Å². The minimum absolute atomic E-state index is 0.0334. The van der Waals surface area contributed by atoms with Crippen molar-refractivity contribution in [3.05, 3.63) is 11.8 Å². The molecule has 0 radical (unpaired) electrons. The van der Waals surface area contributed by atoms with Gasteiger partial charge in [-0.3, -0.25) is 5.10 Å². The Morgan fingerprint density at radius 1 is 1.52 bits per heavy atom. The van der Waals surface area contributed by atoms with Gasteiger partial charge in [0.1, 0.15) is 0 Å². The Labute approximate surface area is 124 Å². The molecule has 2 rings (SSSR count). The van der Waals surface area contributed by atoms with E-state index in [2.05, 4.69) is 14.9 Å². The number of ether oxygens (including phenoxy) is 1. The normalized spacial score (nSPS) is 17.2. The number of nitrogens with one attached hydrogen (secondary N) is 2. The molecule has 0 aliphatic heterocycles. The molecule has 1 aromatic rings. The Bertz CT molecular complexity index is 592. The van der Waals surface area contributed by atoms with E-state index in [0.717, 1.165) is 25.7 Å². The summed E-state index contributed by atoms with van der Waals surface area (Å²) in [5, 5.41) is 5.97. The second-order valence-electron chi connectivity index (χ2n) is 5.16. The van der Waals surface area contributed by atoms with Gasteiger partial charge in [-0.2, -0.15) is 5.10 Å². The summed E-state index contributed by atoms with van der Waals surface area (Å²) in [5.74, 6) is -0.238. The zero-order valence-electron chi connectivity index (χ0n) is 12.3. The number of sulfonamides is 1. The zero-order chi connectivity index (χ0) is 15.5. The third kappa shape index (κ3) is 3.62. The minimum Gasteiger partial charge on any atom is -0.461 e. The van der Waals surface area contributed by atoms with E-state index in [1.54, 1.807) is 6.92 Å². The van der Waals surface area contributed by atoms with Crippen LogP contribution in [0.2, 0.25) is 0 Å². The van der Waals surface area contributed by atoms with Gasteiger partial charge in [0.25, 0.3) is 10.0 Å². The molecule has 1 unspecified atom stereocenters. The molecule has 1 saturated carbocycles. The van der Waals surface area contributed by atoms with E-state index in [9.17, 15) is 13.2 Å². The second-order valence-corrected chi connectivity index (χ2v) is 6.85. The number of nitrogens with zero attached hydrogens (tertiary/aromatic N) is 1. The quantitative estimate of drug-likeness (QED) is 0.741. The molecule has 118 valence electrons. The van der Waals surface area contributed by atoms with Gasteiger partial charge >= 0.3 is 5.97 Å². The van der Waals surface area contributed by atoms with Crippen molar-refractivity contribution >= 4 is 16.0 Å². The molecule has 2 N–H and O–H groups in total. The molecule has 0 bridgehead atoms. The number of hydrogen-bond donors (Lipinski definition) is 2. The van der Waals surface area contributed by atoms with E-state index in [0.29, 0.717) is 5.92 Å². The van der Waals surface area contributed by atoms with Crippen LogP contribution in [0, 0.1) is 5.92 Å². The fourth-order valence-corrected chi connectivity index (χ4v) is 3.69. The standard InChI is InChI=1S/C13H21N3O4S/c1-3-10(9-6-5-7-9)16-21(18,19)12-8-11(14-15-12)13(17)20-4-2/h8-10,16H,3-7H2,1-2H3,(H,14,15). The van der Waals surface area contributed by atoms with Crippen molar-refractivity contribution in [1.29, 1.82) is 0 Å². The number of H-pyrrole nitrogens is 1. The summed E-state index contributed by atoms with van der Waals surface area (Å²) in [6, 6.07) is 1.13. The Balaban J connectivity index is 2.10. The van der Waals surface area contributed by atoms with Crippen molar-refractivity contribution in [2.75, 3.05) is 6.61 Å².